The molecule has 2 aromatic carbocycles. The molecule has 21 heavy (non-hydrogen) atoms. The highest BCUT2D eigenvalue weighted by Gasteiger charge is 2.14. The average molecular weight is 354 g/mol. The molecular weight excluding hydrogens is 336 g/mol. The lowest BCUT2D eigenvalue weighted by atomic mass is 9.98. The number of hydrogen-bond donors (Lipinski definition) is 1. The first kappa shape index (κ1) is 16.1. The Morgan fingerprint density at radius 3 is 2.62 bits per heavy atom. The SMILES string of the molecule is CCCNC(Cc1ccc(Br)cc1F)c1cccc(F)c1. The van der Waals surface area contributed by atoms with E-state index in [0.29, 0.717) is 16.5 Å². The van der Waals surface area contributed by atoms with Crippen molar-refractivity contribution in [3.63, 3.8) is 0 Å². The van der Waals surface area contributed by atoms with Crippen molar-refractivity contribution in [3.05, 3.63) is 69.7 Å². The third-order valence-electron chi connectivity index (χ3n) is 3.33. The number of halogens is 3. The lowest BCUT2D eigenvalue weighted by molar-refractivity contribution is 0.509. The molecule has 0 aliphatic heterocycles. The van der Waals surface area contributed by atoms with E-state index >= 15 is 0 Å². The molecule has 1 N–H and O–H groups in total. The van der Waals surface area contributed by atoms with Gasteiger partial charge in [0.15, 0.2) is 0 Å². The molecule has 0 spiro atoms. The molecule has 0 aromatic heterocycles. The Bertz CT molecular complexity index is 601. The third kappa shape index (κ3) is 4.61. The Balaban J connectivity index is 2.23. The van der Waals surface area contributed by atoms with E-state index in [-0.39, 0.29) is 17.7 Å². The Hall–Kier alpha value is -1.26. The van der Waals surface area contributed by atoms with Gasteiger partial charge in [-0.15, -0.1) is 0 Å². The second kappa shape index (κ2) is 7.66. The standard InChI is InChI=1S/C17H18BrF2N/c1-2-8-21-17(13-4-3-5-15(19)9-13)10-12-6-7-14(18)11-16(12)20/h3-7,9,11,17,21H,2,8,10H2,1H3. The summed E-state index contributed by atoms with van der Waals surface area (Å²) in [6.07, 6.45) is 1.46. The van der Waals surface area contributed by atoms with Gasteiger partial charge in [0.2, 0.25) is 0 Å². The van der Waals surface area contributed by atoms with E-state index in [0.717, 1.165) is 18.5 Å². The zero-order chi connectivity index (χ0) is 15.2. The first-order valence-corrected chi connectivity index (χ1v) is 7.82. The van der Waals surface area contributed by atoms with Gasteiger partial charge in [-0.25, -0.2) is 8.78 Å². The molecule has 0 bridgehead atoms. The minimum Gasteiger partial charge on any atom is -0.310 e. The van der Waals surface area contributed by atoms with Gasteiger partial charge in [-0.1, -0.05) is 41.1 Å². The van der Waals surface area contributed by atoms with Crippen LogP contribution in [-0.2, 0) is 6.42 Å². The highest BCUT2D eigenvalue weighted by Crippen LogP contribution is 2.23. The predicted octanol–water partition coefficient (Wildman–Crippen LogP) is 5.01. The van der Waals surface area contributed by atoms with Crippen LogP contribution >= 0.6 is 15.9 Å². The number of benzene rings is 2. The van der Waals surface area contributed by atoms with E-state index in [9.17, 15) is 8.78 Å². The summed E-state index contributed by atoms with van der Waals surface area (Å²) in [5, 5.41) is 3.36. The molecule has 0 saturated heterocycles. The van der Waals surface area contributed by atoms with Crippen molar-refractivity contribution in [2.45, 2.75) is 25.8 Å². The van der Waals surface area contributed by atoms with Gasteiger partial charge < -0.3 is 5.32 Å². The van der Waals surface area contributed by atoms with Crippen LogP contribution in [0.25, 0.3) is 0 Å². The molecule has 0 amide bonds. The number of rotatable bonds is 6. The summed E-state index contributed by atoms with van der Waals surface area (Å²) in [7, 11) is 0. The van der Waals surface area contributed by atoms with Crippen molar-refractivity contribution in [2.24, 2.45) is 0 Å². The van der Waals surface area contributed by atoms with Crippen LogP contribution in [0, 0.1) is 11.6 Å². The van der Waals surface area contributed by atoms with Crippen LogP contribution in [0.1, 0.15) is 30.5 Å². The number of hydrogen-bond acceptors (Lipinski definition) is 1. The van der Waals surface area contributed by atoms with Crippen molar-refractivity contribution < 1.29 is 8.78 Å². The lowest BCUT2D eigenvalue weighted by Gasteiger charge is -2.19. The van der Waals surface area contributed by atoms with Gasteiger partial charge in [0, 0.05) is 10.5 Å². The summed E-state index contributed by atoms with van der Waals surface area (Å²) >= 11 is 3.25. The molecule has 1 atom stereocenters. The molecule has 0 heterocycles. The zero-order valence-electron chi connectivity index (χ0n) is 11.9. The molecule has 1 nitrogen and oxygen atoms in total. The molecule has 0 aliphatic carbocycles. The lowest BCUT2D eigenvalue weighted by Crippen LogP contribution is -2.24. The molecule has 0 saturated carbocycles. The van der Waals surface area contributed by atoms with Crippen molar-refractivity contribution in [2.75, 3.05) is 6.54 Å². The quantitative estimate of drug-likeness (QED) is 0.769. The maximum Gasteiger partial charge on any atom is 0.127 e. The molecule has 112 valence electrons. The first-order chi connectivity index (χ1) is 10.1. The molecule has 1 unspecified atom stereocenters. The smallest absolute Gasteiger partial charge is 0.127 e. The minimum absolute atomic E-state index is 0.101. The van der Waals surface area contributed by atoms with E-state index in [2.05, 4.69) is 28.2 Å². The molecule has 2 aromatic rings. The van der Waals surface area contributed by atoms with Gasteiger partial charge in [0.05, 0.1) is 0 Å². The van der Waals surface area contributed by atoms with Gasteiger partial charge in [-0.2, -0.15) is 0 Å². The van der Waals surface area contributed by atoms with Crippen molar-refractivity contribution >= 4 is 15.9 Å². The fourth-order valence-corrected chi connectivity index (χ4v) is 2.59. The van der Waals surface area contributed by atoms with Crippen LogP contribution < -0.4 is 5.32 Å². The molecule has 4 heteroatoms. The van der Waals surface area contributed by atoms with Crippen LogP contribution in [0.4, 0.5) is 8.78 Å². The predicted molar refractivity (Wildman–Crippen MR) is 85.2 cm³/mol. The molecule has 0 fully saturated rings. The Labute approximate surface area is 132 Å². The van der Waals surface area contributed by atoms with E-state index in [1.54, 1.807) is 12.1 Å². The van der Waals surface area contributed by atoms with E-state index in [1.165, 1.54) is 18.2 Å². The summed E-state index contributed by atoms with van der Waals surface area (Å²) in [6, 6.07) is 11.4. The van der Waals surface area contributed by atoms with Crippen molar-refractivity contribution in [1.82, 2.24) is 5.32 Å². The van der Waals surface area contributed by atoms with Gasteiger partial charge in [0.1, 0.15) is 11.6 Å². The van der Waals surface area contributed by atoms with Crippen LogP contribution in [0.15, 0.2) is 46.9 Å². The third-order valence-corrected chi connectivity index (χ3v) is 3.82. The van der Waals surface area contributed by atoms with Gasteiger partial charge in [-0.3, -0.25) is 0 Å². The summed E-state index contributed by atoms with van der Waals surface area (Å²) in [4.78, 5) is 0. The second-order valence-electron chi connectivity index (χ2n) is 5.00. The van der Waals surface area contributed by atoms with Crippen LogP contribution in [-0.4, -0.2) is 6.54 Å². The van der Waals surface area contributed by atoms with Crippen LogP contribution in [0.5, 0.6) is 0 Å². The summed E-state index contributed by atoms with van der Waals surface area (Å²) in [5.41, 5.74) is 1.46. The maximum atomic E-state index is 14.0. The summed E-state index contributed by atoms with van der Waals surface area (Å²) < 4.78 is 28.1. The van der Waals surface area contributed by atoms with E-state index in [4.69, 9.17) is 0 Å². The second-order valence-corrected chi connectivity index (χ2v) is 5.92. The molecule has 2 rings (SSSR count). The molecule has 0 aliphatic rings. The largest absolute Gasteiger partial charge is 0.310 e. The monoisotopic (exact) mass is 353 g/mol. The van der Waals surface area contributed by atoms with Crippen LogP contribution in [0.3, 0.4) is 0 Å². The normalized spacial score (nSPS) is 12.4. The Kier molecular flexibility index (Phi) is 5.88. The van der Waals surface area contributed by atoms with Crippen LogP contribution in [0.2, 0.25) is 0 Å². The van der Waals surface area contributed by atoms with E-state index < -0.39 is 0 Å². The van der Waals surface area contributed by atoms with Crippen molar-refractivity contribution in [3.8, 4) is 0 Å². The fourth-order valence-electron chi connectivity index (χ4n) is 2.26. The molecule has 0 radical (unpaired) electrons. The van der Waals surface area contributed by atoms with Crippen molar-refractivity contribution in [1.29, 1.82) is 0 Å². The Morgan fingerprint density at radius 1 is 1.14 bits per heavy atom. The summed E-state index contributed by atoms with van der Waals surface area (Å²) in [6.45, 7) is 2.87. The van der Waals surface area contributed by atoms with Gasteiger partial charge in [0.25, 0.3) is 0 Å². The summed E-state index contributed by atoms with van der Waals surface area (Å²) in [5.74, 6) is -0.517. The minimum atomic E-state index is -0.271. The molecular formula is C17H18BrF2N. The highest BCUT2D eigenvalue weighted by molar-refractivity contribution is 9.10. The zero-order valence-corrected chi connectivity index (χ0v) is 13.5. The highest BCUT2D eigenvalue weighted by atomic mass is 79.9. The first-order valence-electron chi connectivity index (χ1n) is 7.03. The van der Waals surface area contributed by atoms with E-state index in [1.807, 2.05) is 12.1 Å². The number of nitrogens with one attached hydrogen (secondary N) is 1. The van der Waals surface area contributed by atoms with Gasteiger partial charge >= 0.3 is 0 Å². The maximum absolute atomic E-state index is 14.0. The topological polar surface area (TPSA) is 12.0 Å². The fraction of sp³-hybridized carbons (Fsp3) is 0.294. The Morgan fingerprint density at radius 2 is 1.95 bits per heavy atom. The van der Waals surface area contributed by atoms with Gasteiger partial charge in [-0.05, 0) is 54.8 Å². The average Bonchev–Trinajstić information content (AvgIpc) is 2.45.